The van der Waals surface area contributed by atoms with E-state index in [4.69, 9.17) is 0 Å². The minimum Gasteiger partial charge on any atom is -0.506 e. The molecule has 7 heteroatoms. The summed E-state index contributed by atoms with van der Waals surface area (Å²) in [5.41, 5.74) is 4.33. The number of hydrazone groups is 1. The van der Waals surface area contributed by atoms with Gasteiger partial charge in [0.05, 0.1) is 15.6 Å². The van der Waals surface area contributed by atoms with Gasteiger partial charge in [0.1, 0.15) is 5.75 Å². The van der Waals surface area contributed by atoms with Crippen LogP contribution in [0.5, 0.6) is 5.75 Å². The van der Waals surface area contributed by atoms with Crippen LogP contribution >= 0.6 is 43.2 Å². The van der Waals surface area contributed by atoms with E-state index in [0.717, 1.165) is 17.3 Å². The molecule has 0 bridgehead atoms. The lowest BCUT2D eigenvalue weighted by Crippen LogP contribution is -2.16. The quantitative estimate of drug-likeness (QED) is 0.521. The molecule has 120 valence electrons. The van der Waals surface area contributed by atoms with Gasteiger partial charge in [-0.2, -0.15) is 5.10 Å². The minimum absolute atomic E-state index is 0.0813. The largest absolute Gasteiger partial charge is 0.506 e. The van der Waals surface area contributed by atoms with Crippen molar-refractivity contribution in [3.05, 3.63) is 48.0 Å². The zero-order valence-corrected chi connectivity index (χ0v) is 16.1. The smallest absolute Gasteiger partial charge is 0.281 e. The van der Waals surface area contributed by atoms with Crippen LogP contribution in [0.1, 0.15) is 38.5 Å². The fourth-order valence-corrected chi connectivity index (χ4v) is 4.90. The number of hydrogen-bond donors (Lipinski definition) is 2. The van der Waals surface area contributed by atoms with Crippen molar-refractivity contribution in [1.29, 1.82) is 0 Å². The maximum Gasteiger partial charge on any atom is 0.281 e. The van der Waals surface area contributed by atoms with Crippen LogP contribution in [0.15, 0.2) is 32.2 Å². The number of carbonyl (C=O) groups is 1. The van der Waals surface area contributed by atoms with Crippen molar-refractivity contribution in [3.63, 3.8) is 0 Å². The van der Waals surface area contributed by atoms with Gasteiger partial charge in [-0.25, -0.2) is 5.43 Å². The van der Waals surface area contributed by atoms with Crippen molar-refractivity contribution >= 4 is 55.3 Å². The number of halogens is 2. The fraction of sp³-hybridized carbons (Fsp3) is 0.250. The Morgan fingerprint density at radius 3 is 2.83 bits per heavy atom. The molecule has 0 saturated heterocycles. The fourth-order valence-electron chi connectivity index (χ4n) is 2.50. The van der Waals surface area contributed by atoms with Gasteiger partial charge in [0, 0.05) is 14.9 Å². The second-order valence-corrected chi connectivity index (χ2v) is 8.20. The Labute approximate surface area is 154 Å². The second-order valence-electron chi connectivity index (χ2n) is 5.29. The Morgan fingerprint density at radius 2 is 2.04 bits per heavy atom. The maximum absolute atomic E-state index is 12.2. The van der Waals surface area contributed by atoms with Crippen LogP contribution in [0, 0.1) is 0 Å². The highest BCUT2D eigenvalue weighted by Gasteiger charge is 2.16. The number of amides is 1. The first-order chi connectivity index (χ1) is 11.0. The number of rotatable bonds is 3. The van der Waals surface area contributed by atoms with Gasteiger partial charge in [0.15, 0.2) is 0 Å². The molecule has 2 N–H and O–H groups in total. The molecule has 1 aromatic heterocycles. The molecule has 0 saturated carbocycles. The molecule has 0 fully saturated rings. The summed E-state index contributed by atoms with van der Waals surface area (Å²) in [6.07, 6.45) is 5.94. The predicted molar refractivity (Wildman–Crippen MR) is 99.5 cm³/mol. The van der Waals surface area contributed by atoms with E-state index in [2.05, 4.69) is 42.4 Å². The summed E-state index contributed by atoms with van der Waals surface area (Å²) in [6.45, 7) is 0. The van der Waals surface area contributed by atoms with E-state index >= 15 is 0 Å². The summed E-state index contributed by atoms with van der Waals surface area (Å²) in [6, 6.07) is 5.43. The number of aromatic hydroxyl groups is 1. The van der Waals surface area contributed by atoms with Crippen molar-refractivity contribution in [3.8, 4) is 5.75 Å². The van der Waals surface area contributed by atoms with Crippen LogP contribution < -0.4 is 5.43 Å². The van der Waals surface area contributed by atoms with E-state index in [0.29, 0.717) is 14.9 Å². The lowest BCUT2D eigenvalue weighted by Gasteiger charge is -2.08. The molecule has 23 heavy (non-hydrogen) atoms. The van der Waals surface area contributed by atoms with Gasteiger partial charge >= 0.3 is 0 Å². The maximum atomic E-state index is 12.2. The SMILES string of the molecule is O=C(N/N=C/c1cc(Br)cc(Br)c1O)c1cc2c(s1)CCCC2. The second kappa shape index (κ2) is 7.15. The molecule has 1 aromatic carbocycles. The van der Waals surface area contributed by atoms with Gasteiger partial charge in [-0.1, -0.05) is 15.9 Å². The van der Waals surface area contributed by atoms with Crippen LogP contribution in [0.3, 0.4) is 0 Å². The lowest BCUT2D eigenvalue weighted by atomic mass is 9.99. The van der Waals surface area contributed by atoms with Gasteiger partial charge in [0.25, 0.3) is 5.91 Å². The number of nitrogens with zero attached hydrogens (tertiary/aromatic N) is 1. The highest BCUT2D eigenvalue weighted by Crippen LogP contribution is 2.31. The first-order valence-corrected chi connectivity index (χ1v) is 9.58. The molecule has 0 spiro atoms. The zero-order chi connectivity index (χ0) is 16.4. The van der Waals surface area contributed by atoms with Gasteiger partial charge in [-0.05, 0) is 65.4 Å². The summed E-state index contributed by atoms with van der Waals surface area (Å²) in [5.74, 6) is -0.132. The highest BCUT2D eigenvalue weighted by atomic mass is 79.9. The average Bonchev–Trinajstić information content (AvgIpc) is 2.96. The van der Waals surface area contributed by atoms with Crippen molar-refractivity contribution < 1.29 is 9.90 Å². The van der Waals surface area contributed by atoms with Crippen LogP contribution in [-0.4, -0.2) is 17.2 Å². The molecule has 2 aromatic rings. The molecule has 1 aliphatic carbocycles. The summed E-state index contributed by atoms with van der Waals surface area (Å²) in [4.78, 5) is 14.2. The number of aryl methyl sites for hydroxylation is 2. The predicted octanol–water partition coefficient (Wildman–Crippen LogP) is 4.62. The standard InChI is InChI=1S/C16H14Br2N2O2S/c17-11-5-10(15(21)12(18)7-11)8-19-20-16(22)14-6-9-3-1-2-4-13(9)23-14/h5-8,21H,1-4H2,(H,20,22)/b19-8+. The number of benzene rings is 1. The van der Waals surface area contributed by atoms with Crippen LogP contribution in [0.2, 0.25) is 0 Å². The molecule has 0 radical (unpaired) electrons. The third kappa shape index (κ3) is 3.84. The molecule has 1 amide bonds. The Bertz CT molecular complexity index is 763. The van der Waals surface area contributed by atoms with Gasteiger partial charge < -0.3 is 5.11 Å². The van der Waals surface area contributed by atoms with Crippen molar-refractivity contribution in [2.45, 2.75) is 25.7 Å². The first-order valence-electron chi connectivity index (χ1n) is 7.17. The highest BCUT2D eigenvalue weighted by molar-refractivity contribution is 9.11. The Kier molecular flexibility index (Phi) is 5.18. The summed E-state index contributed by atoms with van der Waals surface area (Å²) >= 11 is 8.16. The molecule has 1 aliphatic rings. The van der Waals surface area contributed by atoms with E-state index < -0.39 is 0 Å². The van der Waals surface area contributed by atoms with Gasteiger partial charge in [0.2, 0.25) is 0 Å². The third-order valence-corrected chi connectivity index (χ3v) is 5.95. The molecular formula is C16H14Br2N2O2S. The molecule has 4 nitrogen and oxygen atoms in total. The molecule has 0 unspecified atom stereocenters. The average molecular weight is 458 g/mol. The topological polar surface area (TPSA) is 61.7 Å². The van der Waals surface area contributed by atoms with E-state index in [1.807, 2.05) is 6.07 Å². The van der Waals surface area contributed by atoms with Gasteiger partial charge in [-0.3, -0.25) is 4.79 Å². The number of nitrogens with one attached hydrogen (secondary N) is 1. The summed E-state index contributed by atoms with van der Waals surface area (Å²) in [7, 11) is 0. The number of carbonyl (C=O) groups excluding carboxylic acids is 1. The molecular weight excluding hydrogens is 444 g/mol. The zero-order valence-electron chi connectivity index (χ0n) is 12.1. The number of hydrogen-bond acceptors (Lipinski definition) is 4. The van der Waals surface area contributed by atoms with E-state index in [1.54, 1.807) is 23.5 Å². The summed E-state index contributed by atoms with van der Waals surface area (Å²) in [5, 5.41) is 13.9. The van der Waals surface area contributed by atoms with Crippen LogP contribution in [-0.2, 0) is 12.8 Å². The normalized spacial score (nSPS) is 14.0. The van der Waals surface area contributed by atoms with Crippen molar-refractivity contribution in [1.82, 2.24) is 5.43 Å². The first kappa shape index (κ1) is 16.7. The Balaban J connectivity index is 1.70. The monoisotopic (exact) mass is 456 g/mol. The van der Waals surface area contributed by atoms with E-state index in [1.165, 1.54) is 29.5 Å². The van der Waals surface area contributed by atoms with Crippen LogP contribution in [0.25, 0.3) is 0 Å². The van der Waals surface area contributed by atoms with Gasteiger partial charge in [-0.15, -0.1) is 11.3 Å². The molecule has 3 rings (SSSR count). The third-order valence-electron chi connectivity index (χ3n) is 3.65. The molecule has 1 heterocycles. The van der Waals surface area contributed by atoms with E-state index in [9.17, 15) is 9.90 Å². The number of phenols is 1. The van der Waals surface area contributed by atoms with Crippen molar-refractivity contribution in [2.24, 2.45) is 5.10 Å². The molecule has 0 atom stereocenters. The number of fused-ring (bicyclic) bond motifs is 1. The summed E-state index contributed by atoms with van der Waals surface area (Å²) < 4.78 is 1.37. The lowest BCUT2D eigenvalue weighted by molar-refractivity contribution is 0.0959. The van der Waals surface area contributed by atoms with E-state index in [-0.39, 0.29) is 11.7 Å². The number of phenolic OH excluding ortho intramolecular Hbond substituents is 1. The van der Waals surface area contributed by atoms with Crippen molar-refractivity contribution in [2.75, 3.05) is 0 Å². The minimum atomic E-state index is -0.214. The molecule has 0 aliphatic heterocycles. The van der Waals surface area contributed by atoms with Crippen LogP contribution in [0.4, 0.5) is 0 Å². The Morgan fingerprint density at radius 1 is 1.26 bits per heavy atom. The Hall–Kier alpha value is -1.18. The number of thiophene rings is 1.